The maximum atomic E-state index is 12.9. The first kappa shape index (κ1) is 20.5. The van der Waals surface area contributed by atoms with Crippen LogP contribution in [0.3, 0.4) is 0 Å². The highest BCUT2D eigenvalue weighted by Crippen LogP contribution is 2.28. The van der Waals surface area contributed by atoms with Crippen molar-refractivity contribution in [1.82, 2.24) is 9.21 Å². The molecular formula is C20H17ClN2O6S. The Bertz CT molecular complexity index is 1100. The first-order valence-corrected chi connectivity index (χ1v) is 11.0. The number of esters is 1. The zero-order valence-electron chi connectivity index (χ0n) is 15.7. The number of amides is 2. The Hall–Kier alpha value is -2.75. The standard InChI is InChI=1S/C20H17ClN2O6S/c21-13-7-9-14(10-8-13)30(27,28)23-11-3-6-17(23)20(26)29-12-22-18(24)15-4-1-2-5-16(15)19(22)25/h1-2,4-5,7-10,17H,3,6,11-12H2/t17-/m0/s1. The molecule has 2 aliphatic rings. The summed E-state index contributed by atoms with van der Waals surface area (Å²) in [5.41, 5.74) is 0.484. The number of imide groups is 1. The zero-order chi connectivity index (χ0) is 21.5. The van der Waals surface area contributed by atoms with Crippen LogP contribution in [0.1, 0.15) is 33.6 Å². The third-order valence-corrected chi connectivity index (χ3v) is 7.28. The molecule has 8 nitrogen and oxygen atoms in total. The van der Waals surface area contributed by atoms with Crippen LogP contribution in [0.4, 0.5) is 0 Å². The lowest BCUT2D eigenvalue weighted by molar-refractivity contribution is -0.150. The molecule has 30 heavy (non-hydrogen) atoms. The zero-order valence-corrected chi connectivity index (χ0v) is 17.2. The molecule has 156 valence electrons. The van der Waals surface area contributed by atoms with Crippen LogP contribution in [0.25, 0.3) is 0 Å². The highest BCUT2D eigenvalue weighted by atomic mass is 35.5. The molecule has 0 saturated carbocycles. The van der Waals surface area contributed by atoms with Crippen LogP contribution >= 0.6 is 11.6 Å². The summed E-state index contributed by atoms with van der Waals surface area (Å²) in [6, 6.07) is 11.0. The third kappa shape index (κ3) is 3.49. The molecule has 1 saturated heterocycles. The molecule has 2 aromatic carbocycles. The van der Waals surface area contributed by atoms with Crippen molar-refractivity contribution >= 4 is 39.4 Å². The number of carbonyl (C=O) groups excluding carboxylic acids is 3. The van der Waals surface area contributed by atoms with E-state index in [1.54, 1.807) is 12.1 Å². The smallest absolute Gasteiger partial charge is 0.326 e. The molecule has 0 spiro atoms. The molecule has 2 aliphatic heterocycles. The minimum Gasteiger partial charge on any atom is -0.442 e. The van der Waals surface area contributed by atoms with E-state index in [0.717, 1.165) is 9.21 Å². The highest BCUT2D eigenvalue weighted by molar-refractivity contribution is 7.89. The first-order chi connectivity index (χ1) is 14.3. The summed E-state index contributed by atoms with van der Waals surface area (Å²) in [7, 11) is -3.93. The van der Waals surface area contributed by atoms with Crippen LogP contribution in [-0.4, -0.2) is 54.7 Å². The van der Waals surface area contributed by atoms with Crippen LogP contribution in [0.2, 0.25) is 5.02 Å². The van der Waals surface area contributed by atoms with Crippen LogP contribution in [0.5, 0.6) is 0 Å². The monoisotopic (exact) mass is 448 g/mol. The maximum absolute atomic E-state index is 12.9. The van der Waals surface area contributed by atoms with Crippen molar-refractivity contribution < 1.29 is 27.5 Å². The number of halogens is 1. The Morgan fingerprint density at radius 2 is 1.63 bits per heavy atom. The van der Waals surface area contributed by atoms with E-state index in [-0.39, 0.29) is 29.0 Å². The van der Waals surface area contributed by atoms with Gasteiger partial charge in [-0.3, -0.25) is 14.4 Å². The van der Waals surface area contributed by atoms with E-state index < -0.39 is 40.6 Å². The van der Waals surface area contributed by atoms with Gasteiger partial charge in [-0.1, -0.05) is 23.7 Å². The first-order valence-electron chi connectivity index (χ1n) is 9.20. The topological polar surface area (TPSA) is 101 Å². The van der Waals surface area contributed by atoms with Crippen LogP contribution in [-0.2, 0) is 19.6 Å². The molecule has 10 heteroatoms. The van der Waals surface area contributed by atoms with Crippen LogP contribution in [0.15, 0.2) is 53.4 Å². The summed E-state index contributed by atoms with van der Waals surface area (Å²) in [5.74, 6) is -1.91. The van der Waals surface area contributed by atoms with Gasteiger partial charge in [0, 0.05) is 11.6 Å². The quantitative estimate of drug-likeness (QED) is 0.513. The fourth-order valence-corrected chi connectivity index (χ4v) is 5.36. The van der Waals surface area contributed by atoms with Crippen molar-refractivity contribution in [2.75, 3.05) is 13.3 Å². The molecule has 2 amide bonds. The molecule has 1 atom stereocenters. The fraction of sp³-hybridized carbons (Fsp3) is 0.250. The number of rotatable bonds is 5. The summed E-state index contributed by atoms with van der Waals surface area (Å²) in [6.45, 7) is -0.408. The van der Waals surface area contributed by atoms with Gasteiger partial charge >= 0.3 is 5.97 Å². The Balaban J connectivity index is 1.47. The summed E-state index contributed by atoms with van der Waals surface area (Å²) in [6.07, 6.45) is 0.771. The predicted molar refractivity (Wildman–Crippen MR) is 106 cm³/mol. The predicted octanol–water partition coefficient (Wildman–Crippen LogP) is 2.29. The van der Waals surface area contributed by atoms with Gasteiger partial charge in [0.15, 0.2) is 6.73 Å². The molecule has 0 bridgehead atoms. The summed E-state index contributed by atoms with van der Waals surface area (Å²) >= 11 is 5.82. The van der Waals surface area contributed by atoms with Gasteiger partial charge in [0.25, 0.3) is 11.8 Å². The fourth-order valence-electron chi connectivity index (χ4n) is 3.59. The molecule has 0 aliphatic carbocycles. The van der Waals surface area contributed by atoms with Crippen molar-refractivity contribution in [1.29, 1.82) is 0 Å². The van der Waals surface area contributed by atoms with Crippen molar-refractivity contribution in [2.24, 2.45) is 0 Å². The molecule has 0 N–H and O–H groups in total. The molecule has 4 rings (SSSR count). The summed E-state index contributed by atoms with van der Waals surface area (Å²) in [5, 5.41) is 0.396. The Kier molecular flexibility index (Phi) is 5.35. The van der Waals surface area contributed by atoms with Crippen molar-refractivity contribution in [3.05, 3.63) is 64.7 Å². The minimum atomic E-state index is -3.93. The van der Waals surface area contributed by atoms with E-state index in [4.69, 9.17) is 16.3 Å². The van der Waals surface area contributed by atoms with Crippen LogP contribution in [0, 0.1) is 0 Å². The second kappa shape index (κ2) is 7.82. The lowest BCUT2D eigenvalue weighted by Gasteiger charge is -2.23. The molecule has 2 aromatic rings. The van der Waals surface area contributed by atoms with Gasteiger partial charge in [-0.05, 0) is 49.2 Å². The molecule has 0 aromatic heterocycles. The van der Waals surface area contributed by atoms with E-state index in [0.29, 0.717) is 11.4 Å². The Morgan fingerprint density at radius 3 is 2.23 bits per heavy atom. The summed E-state index contributed by atoms with van der Waals surface area (Å²) in [4.78, 5) is 38.2. The average molecular weight is 449 g/mol. The van der Waals surface area contributed by atoms with Gasteiger partial charge < -0.3 is 4.74 Å². The van der Waals surface area contributed by atoms with Gasteiger partial charge in [0.1, 0.15) is 6.04 Å². The lowest BCUT2D eigenvalue weighted by Crippen LogP contribution is -2.43. The third-order valence-electron chi connectivity index (χ3n) is 5.11. The maximum Gasteiger partial charge on any atom is 0.326 e. The molecule has 0 radical (unpaired) electrons. The van der Waals surface area contributed by atoms with Gasteiger partial charge in [-0.2, -0.15) is 4.31 Å². The number of hydrogen-bond acceptors (Lipinski definition) is 6. The van der Waals surface area contributed by atoms with E-state index in [2.05, 4.69) is 0 Å². The normalized spacial score (nSPS) is 19.2. The lowest BCUT2D eigenvalue weighted by atomic mass is 10.1. The van der Waals surface area contributed by atoms with Gasteiger partial charge in [0.05, 0.1) is 16.0 Å². The molecule has 2 heterocycles. The van der Waals surface area contributed by atoms with Crippen molar-refractivity contribution in [3.8, 4) is 0 Å². The van der Waals surface area contributed by atoms with Crippen LogP contribution < -0.4 is 0 Å². The number of sulfonamides is 1. The van der Waals surface area contributed by atoms with Gasteiger partial charge in [0.2, 0.25) is 10.0 Å². The van der Waals surface area contributed by atoms with Gasteiger partial charge in [-0.25, -0.2) is 13.3 Å². The number of benzene rings is 2. The largest absolute Gasteiger partial charge is 0.442 e. The van der Waals surface area contributed by atoms with E-state index >= 15 is 0 Å². The SMILES string of the molecule is O=C(OCN1C(=O)c2ccccc2C1=O)[C@@H]1CCCN1S(=O)(=O)c1ccc(Cl)cc1. The van der Waals surface area contributed by atoms with Gasteiger partial charge in [-0.15, -0.1) is 0 Å². The number of nitrogens with zero attached hydrogens (tertiary/aromatic N) is 2. The second-order valence-corrected chi connectivity index (χ2v) is 9.23. The number of ether oxygens (including phenoxy) is 1. The average Bonchev–Trinajstić information content (AvgIpc) is 3.32. The van der Waals surface area contributed by atoms with E-state index in [1.807, 2.05) is 0 Å². The number of fused-ring (bicyclic) bond motifs is 1. The van der Waals surface area contributed by atoms with Crippen molar-refractivity contribution in [3.63, 3.8) is 0 Å². The summed E-state index contributed by atoms with van der Waals surface area (Å²) < 4.78 is 32.1. The number of carbonyl (C=O) groups is 3. The minimum absolute atomic E-state index is 0.0203. The number of hydrogen-bond donors (Lipinski definition) is 0. The van der Waals surface area contributed by atoms with Crippen molar-refractivity contribution in [2.45, 2.75) is 23.8 Å². The Labute approximate surface area is 178 Å². The highest BCUT2D eigenvalue weighted by Gasteiger charge is 2.42. The van der Waals surface area contributed by atoms with E-state index in [1.165, 1.54) is 36.4 Å². The second-order valence-electron chi connectivity index (χ2n) is 6.90. The van der Waals surface area contributed by atoms with E-state index in [9.17, 15) is 22.8 Å². The molecule has 1 fully saturated rings. The molecule has 0 unspecified atom stereocenters. The molecular weight excluding hydrogens is 432 g/mol. The Morgan fingerprint density at radius 1 is 1.03 bits per heavy atom.